The van der Waals surface area contributed by atoms with Gasteiger partial charge in [-0.15, -0.1) is 0 Å². The molecule has 29 heavy (non-hydrogen) atoms. The summed E-state index contributed by atoms with van der Waals surface area (Å²) in [5.41, 5.74) is 1.79. The van der Waals surface area contributed by atoms with Gasteiger partial charge in [-0.3, -0.25) is 9.36 Å². The van der Waals surface area contributed by atoms with E-state index in [1.807, 2.05) is 38.1 Å². The summed E-state index contributed by atoms with van der Waals surface area (Å²) in [5.74, 6) is 0.652. The molecule has 0 aliphatic rings. The van der Waals surface area contributed by atoms with Crippen molar-refractivity contribution in [2.75, 3.05) is 12.9 Å². The Labute approximate surface area is 172 Å². The molecule has 0 aliphatic carbocycles. The first-order valence-corrected chi connectivity index (χ1v) is 10.2. The van der Waals surface area contributed by atoms with Crippen molar-refractivity contribution in [2.45, 2.75) is 31.6 Å². The summed E-state index contributed by atoms with van der Waals surface area (Å²) in [7, 11) is 1.60. The SMILES string of the molecule is COc1ccc(C(NC(=O)CSc2nc3ccccc3n2C(F)F)C(C)C)cc1. The number of rotatable bonds is 8. The fraction of sp³-hybridized carbons (Fsp3) is 0.333. The van der Waals surface area contributed by atoms with Crippen molar-refractivity contribution < 1.29 is 18.3 Å². The lowest BCUT2D eigenvalue weighted by molar-refractivity contribution is -0.119. The predicted molar refractivity (Wildman–Crippen MR) is 110 cm³/mol. The third kappa shape index (κ3) is 4.87. The molecule has 2 aromatic carbocycles. The molecule has 0 saturated heterocycles. The standard InChI is InChI=1S/C21H23F2N3O2S/c1-13(2)19(14-8-10-15(28-3)11-9-14)25-18(27)12-29-21-24-16-6-4-5-7-17(16)26(21)20(22)23/h4-11,13,19-20H,12H2,1-3H3,(H,25,27). The monoisotopic (exact) mass is 419 g/mol. The Balaban J connectivity index is 1.71. The van der Waals surface area contributed by atoms with Crippen molar-refractivity contribution in [3.63, 3.8) is 0 Å². The Kier molecular flexibility index (Phi) is 6.74. The molecular formula is C21H23F2N3O2S. The van der Waals surface area contributed by atoms with E-state index in [1.165, 1.54) is 0 Å². The maximum Gasteiger partial charge on any atom is 0.321 e. The molecule has 0 saturated carbocycles. The number of methoxy groups -OCH3 is 1. The number of alkyl halides is 2. The van der Waals surface area contributed by atoms with E-state index in [9.17, 15) is 13.6 Å². The molecule has 1 atom stereocenters. The van der Waals surface area contributed by atoms with Gasteiger partial charge in [-0.1, -0.05) is 49.9 Å². The van der Waals surface area contributed by atoms with E-state index < -0.39 is 6.55 Å². The minimum absolute atomic E-state index is 0.00455. The van der Waals surface area contributed by atoms with Gasteiger partial charge in [0.2, 0.25) is 5.91 Å². The first-order chi connectivity index (χ1) is 13.9. The molecule has 1 N–H and O–H groups in total. The zero-order chi connectivity index (χ0) is 21.0. The van der Waals surface area contributed by atoms with E-state index in [-0.39, 0.29) is 28.8 Å². The molecule has 5 nitrogen and oxygen atoms in total. The van der Waals surface area contributed by atoms with Gasteiger partial charge in [0.25, 0.3) is 0 Å². The van der Waals surface area contributed by atoms with Crippen LogP contribution in [0.3, 0.4) is 0 Å². The number of nitrogens with zero attached hydrogens (tertiary/aromatic N) is 2. The van der Waals surface area contributed by atoms with Crippen LogP contribution in [0, 0.1) is 5.92 Å². The van der Waals surface area contributed by atoms with E-state index in [4.69, 9.17) is 4.74 Å². The Morgan fingerprint density at radius 1 is 1.17 bits per heavy atom. The lowest BCUT2D eigenvalue weighted by Gasteiger charge is -2.23. The molecule has 1 amide bonds. The summed E-state index contributed by atoms with van der Waals surface area (Å²) in [6.07, 6.45) is 0. The van der Waals surface area contributed by atoms with Gasteiger partial charge in [0.15, 0.2) is 5.16 Å². The summed E-state index contributed by atoms with van der Waals surface area (Å²) in [4.78, 5) is 16.8. The number of imidazole rings is 1. The number of ether oxygens (including phenoxy) is 1. The first-order valence-electron chi connectivity index (χ1n) is 9.22. The van der Waals surface area contributed by atoms with Gasteiger partial charge in [-0.05, 0) is 35.7 Å². The van der Waals surface area contributed by atoms with Crippen LogP contribution in [0.25, 0.3) is 11.0 Å². The number of aromatic nitrogens is 2. The van der Waals surface area contributed by atoms with Crippen LogP contribution in [0.2, 0.25) is 0 Å². The fourth-order valence-corrected chi connectivity index (χ4v) is 3.93. The largest absolute Gasteiger partial charge is 0.497 e. The molecule has 0 aliphatic heterocycles. The van der Waals surface area contributed by atoms with E-state index in [0.29, 0.717) is 11.0 Å². The van der Waals surface area contributed by atoms with Crippen LogP contribution < -0.4 is 10.1 Å². The quantitative estimate of drug-likeness (QED) is 0.520. The molecule has 0 radical (unpaired) electrons. The summed E-state index contributed by atoms with van der Waals surface area (Å²) in [5, 5.41) is 3.12. The molecule has 3 aromatic rings. The number of hydrogen-bond acceptors (Lipinski definition) is 4. The van der Waals surface area contributed by atoms with Crippen molar-refractivity contribution >= 4 is 28.7 Å². The second-order valence-corrected chi connectivity index (χ2v) is 7.82. The highest BCUT2D eigenvalue weighted by molar-refractivity contribution is 7.99. The van der Waals surface area contributed by atoms with Gasteiger partial charge in [-0.2, -0.15) is 8.78 Å². The van der Waals surface area contributed by atoms with E-state index in [1.54, 1.807) is 31.4 Å². The molecule has 3 rings (SSSR count). The number of carbonyl (C=O) groups is 1. The Morgan fingerprint density at radius 2 is 1.86 bits per heavy atom. The topological polar surface area (TPSA) is 56.1 Å². The van der Waals surface area contributed by atoms with Crippen LogP contribution in [0.4, 0.5) is 8.78 Å². The summed E-state index contributed by atoms with van der Waals surface area (Å²) in [6, 6.07) is 14.0. The minimum atomic E-state index is -2.73. The van der Waals surface area contributed by atoms with Crippen molar-refractivity contribution in [2.24, 2.45) is 5.92 Å². The third-order valence-electron chi connectivity index (χ3n) is 4.55. The van der Waals surface area contributed by atoms with Crippen LogP contribution in [0.15, 0.2) is 53.7 Å². The number of halogens is 2. The highest BCUT2D eigenvalue weighted by Gasteiger charge is 2.21. The van der Waals surface area contributed by atoms with Crippen LogP contribution in [-0.4, -0.2) is 28.3 Å². The second-order valence-electron chi connectivity index (χ2n) is 6.88. The first kappa shape index (κ1) is 21.1. The molecule has 0 bridgehead atoms. The van der Waals surface area contributed by atoms with Gasteiger partial charge in [-0.25, -0.2) is 4.98 Å². The normalized spacial score (nSPS) is 12.5. The van der Waals surface area contributed by atoms with Crippen molar-refractivity contribution in [3.8, 4) is 5.75 Å². The number of para-hydroxylation sites is 2. The van der Waals surface area contributed by atoms with Gasteiger partial charge in [0.1, 0.15) is 5.75 Å². The number of fused-ring (bicyclic) bond motifs is 1. The zero-order valence-electron chi connectivity index (χ0n) is 16.4. The van der Waals surface area contributed by atoms with Crippen LogP contribution in [-0.2, 0) is 4.79 Å². The highest BCUT2D eigenvalue weighted by atomic mass is 32.2. The maximum absolute atomic E-state index is 13.5. The van der Waals surface area contributed by atoms with Crippen LogP contribution in [0.1, 0.15) is 32.0 Å². The lowest BCUT2D eigenvalue weighted by Crippen LogP contribution is -2.33. The van der Waals surface area contributed by atoms with Crippen molar-refractivity contribution in [3.05, 3.63) is 54.1 Å². The number of amides is 1. The molecule has 1 unspecified atom stereocenters. The van der Waals surface area contributed by atoms with Crippen LogP contribution in [0.5, 0.6) is 5.75 Å². The van der Waals surface area contributed by atoms with Crippen LogP contribution >= 0.6 is 11.8 Å². The van der Waals surface area contributed by atoms with Crippen molar-refractivity contribution in [1.29, 1.82) is 0 Å². The molecule has 0 fully saturated rings. The van der Waals surface area contributed by atoms with Gasteiger partial charge in [0, 0.05) is 0 Å². The third-order valence-corrected chi connectivity index (χ3v) is 5.50. The summed E-state index contributed by atoms with van der Waals surface area (Å²) < 4.78 is 33.1. The van der Waals surface area contributed by atoms with Gasteiger partial charge in [0.05, 0.1) is 29.9 Å². The number of benzene rings is 2. The number of carbonyl (C=O) groups excluding carboxylic acids is 1. The number of thioether (sulfide) groups is 1. The molecule has 1 aromatic heterocycles. The Bertz CT molecular complexity index is 974. The van der Waals surface area contributed by atoms with E-state index in [0.717, 1.165) is 27.6 Å². The number of hydrogen-bond donors (Lipinski definition) is 1. The Hall–Kier alpha value is -2.61. The lowest BCUT2D eigenvalue weighted by atomic mass is 9.96. The average molecular weight is 419 g/mol. The minimum Gasteiger partial charge on any atom is -0.497 e. The molecule has 8 heteroatoms. The molecule has 0 spiro atoms. The molecular weight excluding hydrogens is 396 g/mol. The highest BCUT2D eigenvalue weighted by Crippen LogP contribution is 2.29. The Morgan fingerprint density at radius 3 is 2.48 bits per heavy atom. The summed E-state index contributed by atoms with van der Waals surface area (Å²) in [6.45, 7) is 1.30. The predicted octanol–water partition coefficient (Wildman–Crippen LogP) is 5.05. The van der Waals surface area contributed by atoms with Gasteiger partial charge >= 0.3 is 6.55 Å². The average Bonchev–Trinajstić information content (AvgIpc) is 3.09. The second kappa shape index (κ2) is 9.26. The smallest absolute Gasteiger partial charge is 0.321 e. The maximum atomic E-state index is 13.5. The van der Waals surface area contributed by atoms with Gasteiger partial charge < -0.3 is 10.1 Å². The van der Waals surface area contributed by atoms with Crippen molar-refractivity contribution in [1.82, 2.24) is 14.9 Å². The van der Waals surface area contributed by atoms with E-state index in [2.05, 4.69) is 10.3 Å². The molecule has 1 heterocycles. The molecule has 154 valence electrons. The zero-order valence-corrected chi connectivity index (χ0v) is 17.2. The number of nitrogens with one attached hydrogen (secondary N) is 1. The fourth-order valence-electron chi connectivity index (χ4n) is 3.10. The van der Waals surface area contributed by atoms with E-state index >= 15 is 0 Å². The summed E-state index contributed by atoms with van der Waals surface area (Å²) >= 11 is 1.00.